The summed E-state index contributed by atoms with van der Waals surface area (Å²) in [5.41, 5.74) is 0. The number of carbonyl (C=O) groups excluding carboxylic acids is 3. The lowest BCUT2D eigenvalue weighted by atomic mass is 10.0. The van der Waals surface area contributed by atoms with Gasteiger partial charge in [-0.05, 0) is 57.8 Å². The summed E-state index contributed by atoms with van der Waals surface area (Å²) >= 11 is 0. The van der Waals surface area contributed by atoms with Crippen molar-refractivity contribution in [2.24, 2.45) is 0 Å². The fourth-order valence-corrected chi connectivity index (χ4v) is 7.22. The number of esters is 3. The van der Waals surface area contributed by atoms with Gasteiger partial charge < -0.3 is 14.2 Å². The molecule has 0 aromatic rings. The van der Waals surface area contributed by atoms with Gasteiger partial charge in [-0.25, -0.2) is 0 Å². The number of hydrogen-bond donors (Lipinski definition) is 0. The molecule has 6 heteroatoms. The molecule has 0 saturated carbocycles. The molecule has 61 heavy (non-hydrogen) atoms. The van der Waals surface area contributed by atoms with E-state index in [0.29, 0.717) is 25.7 Å². The quantitative estimate of drug-likeness (QED) is 0.0200. The Kier molecular flexibility index (Phi) is 47.4. The number of unbranched alkanes of at least 4 members (excludes halogenated alkanes) is 28. The fourth-order valence-electron chi connectivity index (χ4n) is 7.22. The van der Waals surface area contributed by atoms with Crippen molar-refractivity contribution in [2.45, 2.75) is 258 Å². The molecule has 0 spiro atoms. The highest BCUT2D eigenvalue weighted by Crippen LogP contribution is 2.16. The van der Waals surface area contributed by atoms with Crippen molar-refractivity contribution in [1.82, 2.24) is 0 Å². The van der Waals surface area contributed by atoms with E-state index in [2.05, 4.69) is 63.3 Å². The Balaban J connectivity index is 4.32. The van der Waals surface area contributed by atoms with E-state index in [0.717, 1.165) is 77.0 Å². The van der Waals surface area contributed by atoms with E-state index in [4.69, 9.17) is 14.2 Å². The molecule has 0 aliphatic rings. The maximum atomic E-state index is 12.8. The molecule has 0 aliphatic carbocycles. The summed E-state index contributed by atoms with van der Waals surface area (Å²) in [4.78, 5) is 37.9. The first-order chi connectivity index (χ1) is 30.0. The summed E-state index contributed by atoms with van der Waals surface area (Å²) in [6, 6.07) is 0. The van der Waals surface area contributed by atoms with Crippen molar-refractivity contribution < 1.29 is 28.6 Å². The highest BCUT2D eigenvalue weighted by atomic mass is 16.6. The second-order valence-corrected chi connectivity index (χ2v) is 17.1. The Hall–Kier alpha value is -2.89. The lowest BCUT2D eigenvalue weighted by molar-refractivity contribution is -0.167. The van der Waals surface area contributed by atoms with Gasteiger partial charge in [-0.2, -0.15) is 0 Å². The third-order valence-electron chi connectivity index (χ3n) is 11.1. The van der Waals surface area contributed by atoms with E-state index >= 15 is 0 Å². The molecule has 0 aliphatic heterocycles. The number of allylic oxidation sites excluding steroid dienone is 10. The maximum Gasteiger partial charge on any atom is 0.306 e. The van der Waals surface area contributed by atoms with E-state index < -0.39 is 6.10 Å². The van der Waals surface area contributed by atoms with Crippen LogP contribution in [-0.2, 0) is 28.6 Å². The average molecular weight is 853 g/mol. The van der Waals surface area contributed by atoms with Crippen molar-refractivity contribution in [3.05, 3.63) is 60.8 Å². The summed E-state index contributed by atoms with van der Waals surface area (Å²) in [5, 5.41) is 0. The number of carbonyl (C=O) groups is 3. The predicted molar refractivity (Wildman–Crippen MR) is 261 cm³/mol. The number of ether oxygens (including phenoxy) is 3. The smallest absolute Gasteiger partial charge is 0.306 e. The van der Waals surface area contributed by atoms with E-state index in [1.807, 2.05) is 18.2 Å². The van der Waals surface area contributed by atoms with Gasteiger partial charge in [-0.3, -0.25) is 14.4 Å². The van der Waals surface area contributed by atoms with E-state index in [1.165, 1.54) is 128 Å². The van der Waals surface area contributed by atoms with Crippen LogP contribution in [0.3, 0.4) is 0 Å². The van der Waals surface area contributed by atoms with Gasteiger partial charge in [0.25, 0.3) is 0 Å². The van der Waals surface area contributed by atoms with Crippen molar-refractivity contribution in [2.75, 3.05) is 13.2 Å². The van der Waals surface area contributed by atoms with Crippen molar-refractivity contribution >= 4 is 17.9 Å². The molecule has 0 amide bonds. The van der Waals surface area contributed by atoms with Crippen LogP contribution < -0.4 is 0 Å². The fraction of sp³-hybridized carbons (Fsp3) is 0.764. The summed E-state index contributed by atoms with van der Waals surface area (Å²) in [6.45, 7) is 6.43. The lowest BCUT2D eigenvalue weighted by Gasteiger charge is -2.18. The lowest BCUT2D eigenvalue weighted by Crippen LogP contribution is -2.30. The second kappa shape index (κ2) is 49.8. The molecular weight excluding hydrogens is 757 g/mol. The summed E-state index contributed by atoms with van der Waals surface area (Å²) < 4.78 is 16.7. The topological polar surface area (TPSA) is 78.9 Å². The van der Waals surface area contributed by atoms with Crippen molar-refractivity contribution in [3.63, 3.8) is 0 Å². The average Bonchev–Trinajstić information content (AvgIpc) is 3.26. The standard InChI is InChI=1S/C55H96O6/c1-4-7-10-13-16-19-21-23-25-26-27-28-30-31-33-36-39-42-45-48-54(57)60-51-52(50-59-53(56)47-44-41-38-35-18-15-12-9-6-3)61-55(58)49-46-43-40-37-34-32-29-24-22-20-17-14-11-8-5-2/h8,11,14,17,20,22,24,29,35,38,52H,4-7,9-10,12-13,15-16,18-19,21,23,25-28,30-34,36-37,39-51H2,1-3H3/b11-8-,17-14-,22-20-,29-24-,38-35-. The summed E-state index contributed by atoms with van der Waals surface area (Å²) in [7, 11) is 0. The first-order valence-electron chi connectivity index (χ1n) is 25.8. The van der Waals surface area contributed by atoms with Crippen LogP contribution in [0.25, 0.3) is 0 Å². The van der Waals surface area contributed by atoms with Crippen molar-refractivity contribution in [3.8, 4) is 0 Å². The molecule has 0 bridgehead atoms. The van der Waals surface area contributed by atoms with Crippen molar-refractivity contribution in [1.29, 1.82) is 0 Å². The van der Waals surface area contributed by atoms with Crippen LogP contribution in [0.1, 0.15) is 252 Å². The zero-order valence-corrected chi connectivity index (χ0v) is 40.2. The predicted octanol–water partition coefficient (Wildman–Crippen LogP) is 16.9. The van der Waals surface area contributed by atoms with Crippen LogP contribution in [0.4, 0.5) is 0 Å². The zero-order chi connectivity index (χ0) is 44.4. The minimum Gasteiger partial charge on any atom is -0.462 e. The molecule has 1 atom stereocenters. The molecule has 0 radical (unpaired) electrons. The van der Waals surface area contributed by atoms with Crippen LogP contribution in [-0.4, -0.2) is 37.2 Å². The van der Waals surface area contributed by atoms with Gasteiger partial charge in [0.2, 0.25) is 0 Å². The van der Waals surface area contributed by atoms with Gasteiger partial charge in [0.15, 0.2) is 6.10 Å². The van der Waals surface area contributed by atoms with Gasteiger partial charge in [-0.1, -0.05) is 236 Å². The van der Waals surface area contributed by atoms with Crippen LogP contribution in [0.5, 0.6) is 0 Å². The molecule has 0 fully saturated rings. The Labute approximate surface area is 377 Å². The van der Waals surface area contributed by atoms with Gasteiger partial charge in [0.05, 0.1) is 0 Å². The Morgan fingerprint density at radius 3 is 1.13 bits per heavy atom. The molecule has 6 nitrogen and oxygen atoms in total. The minimum absolute atomic E-state index is 0.0906. The SMILES string of the molecule is CC\C=C/C=C\C=C/C=C\CCCCCCCC(=O)OC(COC(=O)CCC/C=C\CCCCCC)COC(=O)CCCCCCCCCCCCCCCCCCCCC. The molecule has 0 saturated heterocycles. The molecular formula is C55H96O6. The monoisotopic (exact) mass is 853 g/mol. The van der Waals surface area contributed by atoms with E-state index in [9.17, 15) is 14.4 Å². The molecule has 352 valence electrons. The highest BCUT2D eigenvalue weighted by molar-refractivity contribution is 5.71. The minimum atomic E-state index is -0.794. The van der Waals surface area contributed by atoms with Crippen LogP contribution in [0.2, 0.25) is 0 Å². The Morgan fingerprint density at radius 1 is 0.344 bits per heavy atom. The van der Waals surface area contributed by atoms with Gasteiger partial charge in [-0.15, -0.1) is 0 Å². The number of hydrogen-bond acceptors (Lipinski definition) is 6. The molecule has 0 aromatic heterocycles. The Bertz CT molecular complexity index is 1120. The first-order valence-corrected chi connectivity index (χ1v) is 25.8. The normalized spacial score (nSPS) is 12.5. The molecule has 0 heterocycles. The van der Waals surface area contributed by atoms with Gasteiger partial charge >= 0.3 is 17.9 Å². The third kappa shape index (κ3) is 48.0. The van der Waals surface area contributed by atoms with E-state index in [-0.39, 0.29) is 31.1 Å². The maximum absolute atomic E-state index is 12.8. The Morgan fingerprint density at radius 2 is 0.672 bits per heavy atom. The molecule has 0 N–H and O–H groups in total. The number of rotatable bonds is 46. The van der Waals surface area contributed by atoms with Gasteiger partial charge in [0, 0.05) is 19.3 Å². The molecule has 1 unspecified atom stereocenters. The third-order valence-corrected chi connectivity index (χ3v) is 11.1. The van der Waals surface area contributed by atoms with E-state index in [1.54, 1.807) is 0 Å². The van der Waals surface area contributed by atoms with Crippen LogP contribution in [0.15, 0.2) is 60.8 Å². The van der Waals surface area contributed by atoms with Crippen LogP contribution >= 0.6 is 0 Å². The van der Waals surface area contributed by atoms with Crippen LogP contribution in [0, 0.1) is 0 Å². The molecule has 0 aromatic carbocycles. The largest absolute Gasteiger partial charge is 0.462 e. The zero-order valence-electron chi connectivity index (χ0n) is 40.2. The summed E-state index contributed by atoms with van der Waals surface area (Å²) in [5.74, 6) is -0.947. The van der Waals surface area contributed by atoms with Gasteiger partial charge in [0.1, 0.15) is 13.2 Å². The second-order valence-electron chi connectivity index (χ2n) is 17.1. The highest BCUT2D eigenvalue weighted by Gasteiger charge is 2.19. The first kappa shape index (κ1) is 58.1. The molecule has 0 rings (SSSR count). The summed E-state index contributed by atoms with van der Waals surface area (Å²) in [6.07, 6.45) is 60.8.